The first-order valence-corrected chi connectivity index (χ1v) is 12.9. The van der Waals surface area contributed by atoms with Gasteiger partial charge in [-0.3, -0.25) is 9.59 Å². The smallest absolute Gasteiger partial charge is 0.383 e. The molecular formula is C28H32F3N3O3. The third kappa shape index (κ3) is 5.06. The number of fused-ring (bicyclic) bond motifs is 3. The van der Waals surface area contributed by atoms with Crippen LogP contribution in [-0.2, 0) is 15.7 Å². The first-order chi connectivity index (χ1) is 17.8. The number of hydrogen-bond acceptors (Lipinski definition) is 4. The maximum atomic E-state index is 14.0. The van der Waals surface area contributed by atoms with Gasteiger partial charge in [0.25, 0.3) is 5.91 Å². The maximum absolute atomic E-state index is 14.0. The number of rotatable bonds is 5. The molecule has 1 aliphatic carbocycles. The molecule has 2 amide bonds. The Morgan fingerprint density at radius 2 is 1.78 bits per heavy atom. The van der Waals surface area contributed by atoms with Crippen LogP contribution >= 0.6 is 0 Å². The Morgan fingerprint density at radius 3 is 2.51 bits per heavy atom. The number of carbonyl (C=O) groups excluding carboxylic acids is 2. The second-order valence-electron chi connectivity index (χ2n) is 10.3. The first kappa shape index (κ1) is 25.6. The summed E-state index contributed by atoms with van der Waals surface area (Å²) in [6.45, 7) is 1.19. The van der Waals surface area contributed by atoms with E-state index < -0.39 is 17.6 Å². The van der Waals surface area contributed by atoms with Crippen molar-refractivity contribution in [3.8, 4) is 0 Å². The molecule has 0 aromatic heterocycles. The topological polar surface area (TPSA) is 70.7 Å². The molecule has 2 fully saturated rings. The number of hydrogen-bond donors (Lipinski definition) is 2. The molecule has 37 heavy (non-hydrogen) atoms. The van der Waals surface area contributed by atoms with Crippen LogP contribution in [0.15, 0.2) is 48.5 Å². The third-order valence-corrected chi connectivity index (χ3v) is 8.09. The molecule has 2 aliphatic heterocycles. The van der Waals surface area contributed by atoms with Gasteiger partial charge >= 0.3 is 6.18 Å². The fourth-order valence-electron chi connectivity index (χ4n) is 6.30. The van der Waals surface area contributed by atoms with Crippen LogP contribution in [0.25, 0.3) is 0 Å². The van der Waals surface area contributed by atoms with Crippen molar-refractivity contribution in [1.82, 2.24) is 10.2 Å². The maximum Gasteiger partial charge on any atom is 0.416 e. The quantitative estimate of drug-likeness (QED) is 0.587. The molecule has 1 saturated carbocycles. The Labute approximate surface area is 214 Å². The lowest BCUT2D eigenvalue weighted by Gasteiger charge is -2.41. The number of carbonyl (C=O) groups is 2. The van der Waals surface area contributed by atoms with Crippen LogP contribution in [0, 0.1) is 11.8 Å². The molecule has 6 nitrogen and oxygen atoms in total. The molecule has 198 valence electrons. The minimum atomic E-state index is -4.46. The number of halogens is 3. The summed E-state index contributed by atoms with van der Waals surface area (Å²) in [6, 6.07) is 11.9. The SMILES string of the molecule is COC[C@@H]1Nc2ccccc2[C@H]2[C@H]1CCN2C(=O)[C@H]1CCCC[C@H]1NC(=O)c1ccc(C(F)(F)F)cc1. The molecule has 1 saturated heterocycles. The summed E-state index contributed by atoms with van der Waals surface area (Å²) in [5.74, 6) is -0.556. The number of methoxy groups -OCH3 is 1. The Balaban J connectivity index is 1.34. The highest BCUT2D eigenvalue weighted by molar-refractivity contribution is 5.95. The average Bonchev–Trinajstić information content (AvgIpc) is 3.34. The fraction of sp³-hybridized carbons (Fsp3) is 0.500. The van der Waals surface area contributed by atoms with Gasteiger partial charge in [0, 0.05) is 36.9 Å². The van der Waals surface area contributed by atoms with Crippen molar-refractivity contribution < 1.29 is 27.5 Å². The lowest BCUT2D eigenvalue weighted by Crippen LogP contribution is -2.50. The van der Waals surface area contributed by atoms with Crippen LogP contribution in [0.2, 0.25) is 0 Å². The number of nitrogens with one attached hydrogen (secondary N) is 2. The Hall–Kier alpha value is -3.07. The highest BCUT2D eigenvalue weighted by Crippen LogP contribution is 2.47. The normalized spacial score (nSPS) is 27.1. The van der Waals surface area contributed by atoms with Crippen LogP contribution in [0.4, 0.5) is 18.9 Å². The zero-order valence-corrected chi connectivity index (χ0v) is 20.8. The van der Waals surface area contributed by atoms with E-state index in [-0.39, 0.29) is 41.4 Å². The van der Waals surface area contributed by atoms with E-state index in [9.17, 15) is 22.8 Å². The summed E-state index contributed by atoms with van der Waals surface area (Å²) in [4.78, 5) is 28.9. The zero-order valence-electron chi connectivity index (χ0n) is 20.8. The van der Waals surface area contributed by atoms with E-state index in [1.54, 1.807) is 7.11 Å². The van der Waals surface area contributed by atoms with Crippen molar-refractivity contribution in [2.24, 2.45) is 11.8 Å². The van der Waals surface area contributed by atoms with Crippen LogP contribution in [0.5, 0.6) is 0 Å². The third-order valence-electron chi connectivity index (χ3n) is 8.09. The van der Waals surface area contributed by atoms with Gasteiger partial charge in [0.05, 0.1) is 30.2 Å². The minimum absolute atomic E-state index is 0.0396. The van der Waals surface area contributed by atoms with Gasteiger partial charge in [-0.25, -0.2) is 0 Å². The summed E-state index contributed by atoms with van der Waals surface area (Å²) in [7, 11) is 1.68. The number of likely N-dealkylation sites (tertiary alicyclic amines) is 1. The van der Waals surface area contributed by atoms with Crippen molar-refractivity contribution in [2.45, 2.75) is 56.4 Å². The minimum Gasteiger partial charge on any atom is -0.383 e. The van der Waals surface area contributed by atoms with Gasteiger partial charge in [-0.15, -0.1) is 0 Å². The number of benzene rings is 2. The van der Waals surface area contributed by atoms with E-state index in [4.69, 9.17) is 4.74 Å². The summed E-state index contributed by atoms with van der Waals surface area (Å²) in [6.07, 6.45) is -0.479. The molecule has 5 atom stereocenters. The van der Waals surface area contributed by atoms with Gasteiger partial charge < -0.3 is 20.3 Å². The van der Waals surface area contributed by atoms with Crippen molar-refractivity contribution in [2.75, 3.05) is 25.6 Å². The van der Waals surface area contributed by atoms with Crippen LogP contribution < -0.4 is 10.6 Å². The van der Waals surface area contributed by atoms with Gasteiger partial charge in [0.2, 0.25) is 5.91 Å². The molecule has 0 radical (unpaired) electrons. The summed E-state index contributed by atoms with van der Waals surface area (Å²) < 4.78 is 44.2. The second kappa shape index (κ2) is 10.4. The van der Waals surface area contributed by atoms with E-state index >= 15 is 0 Å². The monoisotopic (exact) mass is 515 g/mol. The molecule has 3 aliphatic rings. The highest BCUT2D eigenvalue weighted by atomic mass is 19.4. The Morgan fingerprint density at radius 1 is 1.05 bits per heavy atom. The van der Waals surface area contributed by atoms with E-state index in [0.29, 0.717) is 26.0 Å². The number of ether oxygens (including phenoxy) is 1. The van der Waals surface area contributed by atoms with E-state index in [2.05, 4.69) is 16.7 Å². The first-order valence-electron chi connectivity index (χ1n) is 12.9. The van der Waals surface area contributed by atoms with Crippen molar-refractivity contribution in [3.63, 3.8) is 0 Å². The van der Waals surface area contributed by atoms with Crippen LogP contribution in [0.3, 0.4) is 0 Å². The lowest BCUT2D eigenvalue weighted by atomic mass is 9.81. The average molecular weight is 516 g/mol. The van der Waals surface area contributed by atoms with Crippen LogP contribution in [0.1, 0.15) is 59.6 Å². The van der Waals surface area contributed by atoms with Gasteiger partial charge in [-0.05, 0) is 55.2 Å². The van der Waals surface area contributed by atoms with Crippen molar-refractivity contribution in [1.29, 1.82) is 0 Å². The Bertz CT molecular complexity index is 1140. The van der Waals surface area contributed by atoms with Gasteiger partial charge in [-0.1, -0.05) is 31.0 Å². The number of anilines is 1. The molecule has 2 N–H and O–H groups in total. The molecule has 5 rings (SSSR count). The molecule has 2 heterocycles. The van der Waals surface area contributed by atoms with E-state index in [1.165, 1.54) is 12.1 Å². The summed E-state index contributed by atoms with van der Waals surface area (Å²) >= 11 is 0. The highest BCUT2D eigenvalue weighted by Gasteiger charge is 2.48. The van der Waals surface area contributed by atoms with Gasteiger partial charge in [0.15, 0.2) is 0 Å². The molecule has 0 unspecified atom stereocenters. The predicted molar refractivity (Wildman–Crippen MR) is 133 cm³/mol. The van der Waals surface area contributed by atoms with E-state index in [1.807, 2.05) is 23.1 Å². The molecule has 2 aromatic rings. The summed E-state index contributed by atoms with van der Waals surface area (Å²) in [5, 5.41) is 6.55. The lowest BCUT2D eigenvalue weighted by molar-refractivity contribution is -0.139. The largest absolute Gasteiger partial charge is 0.416 e. The molecular weight excluding hydrogens is 483 g/mol. The second-order valence-corrected chi connectivity index (χ2v) is 10.3. The molecule has 0 spiro atoms. The number of nitrogens with zero attached hydrogens (tertiary/aromatic N) is 1. The number of alkyl halides is 3. The number of amides is 2. The van der Waals surface area contributed by atoms with Crippen molar-refractivity contribution >= 4 is 17.5 Å². The molecule has 9 heteroatoms. The van der Waals surface area contributed by atoms with E-state index in [0.717, 1.165) is 42.6 Å². The predicted octanol–water partition coefficient (Wildman–Crippen LogP) is 5.02. The number of para-hydroxylation sites is 1. The zero-order chi connectivity index (χ0) is 26.2. The van der Waals surface area contributed by atoms with Crippen LogP contribution in [-0.4, -0.2) is 49.1 Å². The van der Waals surface area contributed by atoms with Gasteiger partial charge in [-0.2, -0.15) is 13.2 Å². The molecule has 0 bridgehead atoms. The summed E-state index contributed by atoms with van der Waals surface area (Å²) in [5.41, 5.74) is 1.47. The van der Waals surface area contributed by atoms with Crippen molar-refractivity contribution in [3.05, 3.63) is 65.2 Å². The Kier molecular flexibility index (Phi) is 7.16. The molecule has 2 aromatic carbocycles. The standard InChI is InChI=1S/C28H32F3N3O3/c1-37-16-24-20-14-15-34(25(20)19-6-2-4-8-22(19)32-24)27(36)21-7-3-5-9-23(21)33-26(35)17-10-12-18(13-11-17)28(29,30)31/h2,4,6,8,10-13,20-21,23-25,32H,3,5,7,9,14-16H2,1H3,(H,33,35)/t20-,21-,23+,24-,25-/m0/s1. The fourth-order valence-corrected chi connectivity index (χ4v) is 6.30. The van der Waals surface area contributed by atoms with Gasteiger partial charge in [0.1, 0.15) is 0 Å².